The van der Waals surface area contributed by atoms with E-state index in [1.54, 1.807) is 0 Å². The van der Waals surface area contributed by atoms with Gasteiger partial charge in [0.05, 0.1) is 6.61 Å². The van der Waals surface area contributed by atoms with E-state index in [1.165, 1.54) is 12.5 Å². The molecule has 0 unspecified atom stereocenters. The van der Waals surface area contributed by atoms with Crippen LogP contribution in [-0.4, -0.2) is 29.2 Å². The molecule has 1 aromatic rings. The highest BCUT2D eigenvalue weighted by Gasteiger charge is 2.25. The molecule has 1 aliphatic rings. The van der Waals surface area contributed by atoms with Gasteiger partial charge >= 0.3 is 0 Å². The van der Waals surface area contributed by atoms with Crippen molar-refractivity contribution in [1.29, 1.82) is 0 Å². The van der Waals surface area contributed by atoms with Gasteiger partial charge in [0, 0.05) is 24.7 Å². The fourth-order valence-corrected chi connectivity index (χ4v) is 2.15. The van der Waals surface area contributed by atoms with Crippen molar-refractivity contribution in [3.8, 4) is 0 Å². The van der Waals surface area contributed by atoms with Crippen LogP contribution < -0.4 is 0 Å². The Labute approximate surface area is 99.9 Å². The Bertz CT molecular complexity index is 380. The fraction of sp³-hybridized carbons (Fsp3) is 0.538. The molecule has 0 aromatic heterocycles. The minimum Gasteiger partial charge on any atom is -0.395 e. The lowest BCUT2D eigenvalue weighted by molar-refractivity contribution is 0.0934. The van der Waals surface area contributed by atoms with Gasteiger partial charge in [-0.2, -0.15) is 0 Å². The minimum absolute atomic E-state index is 0.0490. The van der Waals surface area contributed by atoms with Gasteiger partial charge in [-0.15, -0.1) is 0 Å². The van der Waals surface area contributed by atoms with E-state index in [1.807, 2.05) is 4.90 Å². The quantitative estimate of drug-likeness (QED) is 0.855. The molecule has 1 aromatic carbocycles. The number of hydrogen-bond donors (Lipinski definition) is 1. The number of aliphatic hydroxyl groups excluding tert-OH is 1. The normalized spacial score (nSPS) is 16.2. The average Bonchev–Trinajstić information content (AvgIpc) is 2.21. The maximum Gasteiger partial charge on any atom is 0.127 e. The molecular weight excluding hydrogens is 224 g/mol. The monoisotopic (exact) mass is 241 g/mol. The van der Waals surface area contributed by atoms with Crippen molar-refractivity contribution in [1.82, 2.24) is 4.90 Å². The third-order valence-corrected chi connectivity index (χ3v) is 3.36. The molecule has 0 spiro atoms. The predicted molar refractivity (Wildman–Crippen MR) is 61.5 cm³/mol. The summed E-state index contributed by atoms with van der Waals surface area (Å²) in [4.78, 5) is 2.03. The first-order valence-electron chi connectivity index (χ1n) is 5.99. The molecule has 2 rings (SSSR count). The van der Waals surface area contributed by atoms with Crippen LogP contribution >= 0.6 is 0 Å². The van der Waals surface area contributed by atoms with E-state index in [9.17, 15) is 8.78 Å². The Kier molecular flexibility index (Phi) is 4.07. The van der Waals surface area contributed by atoms with Crippen LogP contribution in [-0.2, 0) is 6.54 Å². The number of rotatable bonds is 5. The number of aliphatic hydroxyl groups is 1. The van der Waals surface area contributed by atoms with Crippen molar-refractivity contribution in [3.63, 3.8) is 0 Å². The first-order chi connectivity index (χ1) is 8.20. The first kappa shape index (κ1) is 12.5. The summed E-state index contributed by atoms with van der Waals surface area (Å²) < 4.78 is 26.5. The molecule has 17 heavy (non-hydrogen) atoms. The van der Waals surface area contributed by atoms with Gasteiger partial charge in [0.15, 0.2) is 0 Å². The summed E-state index contributed by atoms with van der Waals surface area (Å²) in [6.07, 6.45) is 3.34. The van der Waals surface area contributed by atoms with Crippen molar-refractivity contribution >= 4 is 0 Å². The maximum absolute atomic E-state index is 13.5. The highest BCUT2D eigenvalue weighted by molar-refractivity contribution is 5.18. The van der Waals surface area contributed by atoms with E-state index in [-0.39, 0.29) is 12.4 Å². The van der Waals surface area contributed by atoms with E-state index in [2.05, 4.69) is 0 Å². The molecule has 1 fully saturated rings. The lowest BCUT2D eigenvalue weighted by atomic mass is 9.91. The van der Waals surface area contributed by atoms with E-state index in [0.717, 1.165) is 25.0 Å². The summed E-state index contributed by atoms with van der Waals surface area (Å²) in [5.74, 6) is -0.798. The Balaban J connectivity index is 2.07. The van der Waals surface area contributed by atoms with Crippen LogP contribution in [0.4, 0.5) is 8.78 Å². The summed E-state index contributed by atoms with van der Waals surface area (Å²) in [6, 6.07) is 3.92. The van der Waals surface area contributed by atoms with Crippen LogP contribution in [0.5, 0.6) is 0 Å². The summed E-state index contributed by atoms with van der Waals surface area (Å²) in [5, 5.41) is 9.00. The third kappa shape index (κ3) is 3.01. The number of nitrogens with zero attached hydrogens (tertiary/aromatic N) is 1. The molecule has 0 aliphatic heterocycles. The van der Waals surface area contributed by atoms with E-state index >= 15 is 0 Å². The van der Waals surface area contributed by atoms with Gasteiger partial charge in [0.25, 0.3) is 0 Å². The second-order valence-electron chi connectivity index (χ2n) is 4.51. The first-order valence-corrected chi connectivity index (χ1v) is 5.99. The molecule has 0 heterocycles. The Morgan fingerprint density at radius 3 is 2.65 bits per heavy atom. The van der Waals surface area contributed by atoms with Crippen molar-refractivity contribution in [2.24, 2.45) is 0 Å². The van der Waals surface area contributed by atoms with Crippen LogP contribution in [0.2, 0.25) is 0 Å². The predicted octanol–water partition coefficient (Wildman–Crippen LogP) is 2.31. The van der Waals surface area contributed by atoms with Crippen molar-refractivity contribution in [3.05, 3.63) is 35.4 Å². The smallest absolute Gasteiger partial charge is 0.127 e. The zero-order valence-corrected chi connectivity index (χ0v) is 9.70. The molecular formula is C13H17F2NO. The zero-order chi connectivity index (χ0) is 12.3. The Morgan fingerprint density at radius 2 is 2.06 bits per heavy atom. The summed E-state index contributed by atoms with van der Waals surface area (Å²) in [5.41, 5.74) is 0.366. The van der Waals surface area contributed by atoms with Gasteiger partial charge in [-0.3, -0.25) is 4.90 Å². The van der Waals surface area contributed by atoms with Crippen LogP contribution in [0.25, 0.3) is 0 Å². The molecule has 94 valence electrons. The van der Waals surface area contributed by atoms with Crippen LogP contribution in [0.3, 0.4) is 0 Å². The van der Waals surface area contributed by atoms with Crippen LogP contribution in [0.1, 0.15) is 24.8 Å². The molecule has 1 saturated carbocycles. The summed E-state index contributed by atoms with van der Waals surface area (Å²) >= 11 is 0. The number of halogens is 2. The molecule has 0 radical (unpaired) electrons. The molecule has 1 aliphatic carbocycles. The third-order valence-electron chi connectivity index (χ3n) is 3.36. The molecule has 1 N–H and O–H groups in total. The van der Waals surface area contributed by atoms with E-state index in [0.29, 0.717) is 24.7 Å². The van der Waals surface area contributed by atoms with E-state index < -0.39 is 5.82 Å². The molecule has 0 saturated heterocycles. The molecule has 4 heteroatoms. The lowest BCUT2D eigenvalue weighted by Gasteiger charge is -2.37. The SMILES string of the molecule is OCCN(Cc1cc(F)ccc1F)C1CCC1. The number of hydrogen-bond acceptors (Lipinski definition) is 2. The van der Waals surface area contributed by atoms with Gasteiger partial charge in [0.2, 0.25) is 0 Å². The average molecular weight is 241 g/mol. The Hall–Kier alpha value is -1.00. The highest BCUT2D eigenvalue weighted by atomic mass is 19.1. The number of benzene rings is 1. The van der Waals surface area contributed by atoms with Gasteiger partial charge < -0.3 is 5.11 Å². The van der Waals surface area contributed by atoms with Gasteiger partial charge in [-0.1, -0.05) is 6.42 Å². The van der Waals surface area contributed by atoms with Crippen molar-refractivity contribution in [2.75, 3.05) is 13.2 Å². The zero-order valence-electron chi connectivity index (χ0n) is 9.70. The second-order valence-corrected chi connectivity index (χ2v) is 4.51. The molecule has 0 amide bonds. The largest absolute Gasteiger partial charge is 0.395 e. The maximum atomic E-state index is 13.5. The van der Waals surface area contributed by atoms with Crippen molar-refractivity contribution in [2.45, 2.75) is 31.8 Å². The fourth-order valence-electron chi connectivity index (χ4n) is 2.15. The molecule has 0 bridgehead atoms. The van der Waals surface area contributed by atoms with Crippen LogP contribution in [0.15, 0.2) is 18.2 Å². The van der Waals surface area contributed by atoms with Crippen molar-refractivity contribution < 1.29 is 13.9 Å². The lowest BCUT2D eigenvalue weighted by Crippen LogP contribution is -2.41. The van der Waals surface area contributed by atoms with E-state index in [4.69, 9.17) is 5.11 Å². The summed E-state index contributed by atoms with van der Waals surface area (Å²) in [7, 11) is 0. The Morgan fingerprint density at radius 1 is 1.29 bits per heavy atom. The highest BCUT2D eigenvalue weighted by Crippen LogP contribution is 2.26. The summed E-state index contributed by atoms with van der Waals surface area (Å²) in [6.45, 7) is 0.933. The van der Waals surface area contributed by atoms with Crippen LogP contribution in [0, 0.1) is 11.6 Å². The molecule has 2 nitrogen and oxygen atoms in total. The second kappa shape index (κ2) is 5.56. The van der Waals surface area contributed by atoms with Gasteiger partial charge in [-0.05, 0) is 31.0 Å². The minimum atomic E-state index is -0.418. The topological polar surface area (TPSA) is 23.5 Å². The van der Waals surface area contributed by atoms with Gasteiger partial charge in [-0.25, -0.2) is 8.78 Å². The van der Waals surface area contributed by atoms with Gasteiger partial charge in [0.1, 0.15) is 11.6 Å². The molecule has 0 atom stereocenters. The standard InChI is InChI=1S/C13H17F2NO/c14-11-4-5-13(15)10(8-11)9-16(6-7-17)12-2-1-3-12/h4-5,8,12,17H,1-3,6-7,9H2.